The highest BCUT2D eigenvalue weighted by Crippen LogP contribution is 2.37. The number of halogens is 3. The molecule has 0 spiro atoms. The van der Waals surface area contributed by atoms with E-state index < -0.39 is 17.9 Å². The molecular formula is C27H26F3N5O4. The molecular weight excluding hydrogens is 515 g/mol. The molecule has 3 aromatic rings. The van der Waals surface area contributed by atoms with E-state index in [0.717, 1.165) is 17.1 Å². The van der Waals surface area contributed by atoms with Gasteiger partial charge in [-0.1, -0.05) is 0 Å². The number of hydrogen-bond acceptors (Lipinski definition) is 6. The van der Waals surface area contributed by atoms with Gasteiger partial charge in [-0.2, -0.15) is 13.2 Å². The molecule has 0 aliphatic carbocycles. The SMILES string of the molecule is CN(C)C(=O)C1CCN(c2ccnc3c2c(C=C2Oc4ccc(NC(=O)C(F)(F)F)cc4C2=O)cn3C)CC1. The molecule has 2 aliphatic rings. The van der Waals surface area contributed by atoms with Crippen LogP contribution in [0.25, 0.3) is 17.1 Å². The zero-order valence-electron chi connectivity index (χ0n) is 21.5. The van der Waals surface area contributed by atoms with Gasteiger partial charge in [0.25, 0.3) is 0 Å². The second-order valence-corrected chi connectivity index (χ2v) is 9.82. The second-order valence-electron chi connectivity index (χ2n) is 9.82. The van der Waals surface area contributed by atoms with Crippen molar-refractivity contribution in [3.05, 3.63) is 53.5 Å². The lowest BCUT2D eigenvalue weighted by Gasteiger charge is -2.34. The Morgan fingerprint density at radius 3 is 2.56 bits per heavy atom. The number of alkyl halides is 3. The van der Waals surface area contributed by atoms with Gasteiger partial charge in [0, 0.05) is 74.9 Å². The zero-order valence-corrected chi connectivity index (χ0v) is 21.5. The van der Waals surface area contributed by atoms with Crippen molar-refractivity contribution in [2.24, 2.45) is 13.0 Å². The van der Waals surface area contributed by atoms with E-state index in [1.165, 1.54) is 12.1 Å². The summed E-state index contributed by atoms with van der Waals surface area (Å²) in [4.78, 5) is 45.2. The number of ether oxygens (including phenoxy) is 1. The van der Waals surface area contributed by atoms with E-state index in [4.69, 9.17) is 4.74 Å². The van der Waals surface area contributed by atoms with Crippen molar-refractivity contribution >= 4 is 46.1 Å². The van der Waals surface area contributed by atoms with Gasteiger partial charge in [-0.25, -0.2) is 4.98 Å². The quantitative estimate of drug-likeness (QED) is 0.502. The van der Waals surface area contributed by atoms with Crippen LogP contribution in [0.3, 0.4) is 0 Å². The lowest BCUT2D eigenvalue weighted by Crippen LogP contribution is -2.40. The van der Waals surface area contributed by atoms with Gasteiger partial charge in [-0.3, -0.25) is 14.4 Å². The largest absolute Gasteiger partial charge is 0.471 e. The topological polar surface area (TPSA) is 96.8 Å². The molecule has 12 heteroatoms. The van der Waals surface area contributed by atoms with Crippen molar-refractivity contribution < 1.29 is 32.3 Å². The average molecular weight is 542 g/mol. The highest BCUT2D eigenvalue weighted by Gasteiger charge is 2.39. The molecule has 204 valence electrons. The average Bonchev–Trinajstić information content (AvgIpc) is 3.39. The third kappa shape index (κ3) is 4.93. The third-order valence-corrected chi connectivity index (χ3v) is 6.96. The number of hydrogen-bond donors (Lipinski definition) is 1. The fourth-order valence-electron chi connectivity index (χ4n) is 5.04. The molecule has 39 heavy (non-hydrogen) atoms. The molecule has 9 nitrogen and oxygen atoms in total. The van der Waals surface area contributed by atoms with Crippen LogP contribution in [0.15, 0.2) is 42.4 Å². The molecule has 2 aliphatic heterocycles. The van der Waals surface area contributed by atoms with Crippen LogP contribution >= 0.6 is 0 Å². The molecule has 1 saturated heterocycles. The summed E-state index contributed by atoms with van der Waals surface area (Å²) in [5.41, 5.74) is 2.19. The van der Waals surface area contributed by atoms with Crippen molar-refractivity contribution in [3.8, 4) is 5.75 Å². The Kier molecular flexibility index (Phi) is 6.57. The molecule has 0 atom stereocenters. The Balaban J connectivity index is 1.43. The summed E-state index contributed by atoms with van der Waals surface area (Å²) in [5, 5.41) is 2.57. The number of nitrogens with zero attached hydrogens (tertiary/aromatic N) is 4. The number of aryl methyl sites for hydroxylation is 1. The summed E-state index contributed by atoms with van der Waals surface area (Å²) >= 11 is 0. The molecule has 0 radical (unpaired) electrons. The van der Waals surface area contributed by atoms with E-state index in [1.54, 1.807) is 36.6 Å². The molecule has 0 unspecified atom stereocenters. The number of rotatable bonds is 4. The number of ketones is 1. The lowest BCUT2D eigenvalue weighted by atomic mass is 9.95. The van der Waals surface area contributed by atoms with E-state index in [9.17, 15) is 27.6 Å². The molecule has 2 aromatic heterocycles. The molecule has 1 aromatic carbocycles. The van der Waals surface area contributed by atoms with Crippen LogP contribution in [0, 0.1) is 5.92 Å². The van der Waals surface area contributed by atoms with Crippen LogP contribution in [0.1, 0.15) is 28.8 Å². The van der Waals surface area contributed by atoms with Gasteiger partial charge < -0.3 is 24.4 Å². The highest BCUT2D eigenvalue weighted by atomic mass is 19.4. The monoisotopic (exact) mass is 541 g/mol. The number of fused-ring (bicyclic) bond motifs is 2. The standard InChI is InChI=1S/C27H26F3N5O4/c1-33(2)25(37)15-7-10-35(11-8-15)19-6-9-31-24-22(19)16(14-34(24)3)12-21-23(36)18-13-17(4-5-20(18)39-21)32-26(38)27(28,29)30/h4-6,9,12-15H,7-8,10-11H2,1-3H3,(H,32,38). The number of carbonyl (C=O) groups is 3. The number of Topliss-reactive ketones (excluding diaryl/α,β-unsaturated/α-hetero) is 1. The third-order valence-electron chi connectivity index (χ3n) is 6.96. The van der Waals surface area contributed by atoms with Crippen LogP contribution in [0.5, 0.6) is 5.75 Å². The molecule has 0 bridgehead atoms. The van der Waals surface area contributed by atoms with Gasteiger partial charge in [0.2, 0.25) is 11.7 Å². The molecule has 2 amide bonds. The summed E-state index contributed by atoms with van der Waals surface area (Å²) < 4.78 is 45.5. The zero-order chi connectivity index (χ0) is 28.1. The Bertz CT molecular complexity index is 1520. The summed E-state index contributed by atoms with van der Waals surface area (Å²) in [5.74, 6) is -2.37. The summed E-state index contributed by atoms with van der Waals surface area (Å²) in [7, 11) is 5.36. The number of carbonyl (C=O) groups excluding carboxylic acids is 3. The number of benzene rings is 1. The number of anilines is 2. The minimum Gasteiger partial charge on any atom is -0.452 e. The summed E-state index contributed by atoms with van der Waals surface area (Å²) in [6, 6.07) is 5.65. The fourth-order valence-corrected chi connectivity index (χ4v) is 5.04. The summed E-state index contributed by atoms with van der Waals surface area (Å²) in [6.07, 6.45) is 1.51. The first-order valence-corrected chi connectivity index (χ1v) is 12.3. The Hall–Kier alpha value is -4.35. The maximum Gasteiger partial charge on any atom is 0.471 e. The number of pyridine rings is 1. The van der Waals surface area contributed by atoms with E-state index in [0.29, 0.717) is 37.1 Å². The van der Waals surface area contributed by atoms with Gasteiger partial charge in [-0.05, 0) is 43.2 Å². The first-order chi connectivity index (χ1) is 18.4. The predicted molar refractivity (Wildman–Crippen MR) is 138 cm³/mol. The minimum absolute atomic E-state index is 0.00175. The smallest absolute Gasteiger partial charge is 0.452 e. The Morgan fingerprint density at radius 1 is 1.18 bits per heavy atom. The van der Waals surface area contributed by atoms with E-state index in [1.807, 2.05) is 23.9 Å². The van der Waals surface area contributed by atoms with Gasteiger partial charge in [0.1, 0.15) is 11.4 Å². The fraction of sp³-hybridized carbons (Fsp3) is 0.333. The predicted octanol–water partition coefficient (Wildman–Crippen LogP) is 3.99. The first-order valence-electron chi connectivity index (χ1n) is 12.3. The molecule has 4 heterocycles. The van der Waals surface area contributed by atoms with Gasteiger partial charge in [0.05, 0.1) is 5.56 Å². The molecule has 1 fully saturated rings. The van der Waals surface area contributed by atoms with Gasteiger partial charge in [0.15, 0.2) is 5.76 Å². The molecule has 5 rings (SSSR count). The Labute approximate surface area is 221 Å². The maximum absolute atomic E-state index is 13.1. The maximum atomic E-state index is 13.1. The van der Waals surface area contributed by atoms with Crippen LogP contribution in [0.2, 0.25) is 0 Å². The molecule has 0 saturated carbocycles. The van der Waals surface area contributed by atoms with E-state index in [-0.39, 0.29) is 34.6 Å². The number of nitrogens with one attached hydrogen (secondary N) is 1. The lowest BCUT2D eigenvalue weighted by molar-refractivity contribution is -0.167. The van der Waals surface area contributed by atoms with E-state index in [2.05, 4.69) is 9.88 Å². The van der Waals surface area contributed by atoms with Crippen LogP contribution in [-0.2, 0) is 16.6 Å². The number of allylic oxidation sites excluding steroid dienone is 1. The normalized spacial score (nSPS) is 16.9. The number of piperidine rings is 1. The minimum atomic E-state index is -5.05. The second kappa shape index (κ2) is 9.75. The number of aromatic nitrogens is 2. The van der Waals surface area contributed by atoms with Gasteiger partial charge in [-0.15, -0.1) is 0 Å². The van der Waals surface area contributed by atoms with Crippen molar-refractivity contribution in [3.63, 3.8) is 0 Å². The van der Waals surface area contributed by atoms with Crippen molar-refractivity contribution in [1.82, 2.24) is 14.5 Å². The van der Waals surface area contributed by atoms with Crippen LogP contribution in [-0.4, -0.2) is 65.4 Å². The summed E-state index contributed by atoms with van der Waals surface area (Å²) in [6.45, 7) is 1.36. The number of amides is 2. The van der Waals surface area contributed by atoms with Crippen molar-refractivity contribution in [1.29, 1.82) is 0 Å². The van der Waals surface area contributed by atoms with Crippen LogP contribution < -0.4 is 15.0 Å². The van der Waals surface area contributed by atoms with E-state index >= 15 is 0 Å². The first kappa shape index (κ1) is 26.3. The highest BCUT2D eigenvalue weighted by molar-refractivity contribution is 6.16. The van der Waals surface area contributed by atoms with Crippen molar-refractivity contribution in [2.45, 2.75) is 19.0 Å². The Morgan fingerprint density at radius 2 is 1.90 bits per heavy atom. The van der Waals surface area contributed by atoms with Crippen molar-refractivity contribution in [2.75, 3.05) is 37.4 Å². The van der Waals surface area contributed by atoms with Crippen LogP contribution in [0.4, 0.5) is 24.5 Å². The van der Waals surface area contributed by atoms with Gasteiger partial charge >= 0.3 is 12.1 Å². The molecule has 1 N–H and O–H groups in total.